The number of sulfone groups is 1. The highest BCUT2D eigenvalue weighted by Gasteiger charge is 2.28. The van der Waals surface area contributed by atoms with Gasteiger partial charge in [0.1, 0.15) is 0 Å². The van der Waals surface area contributed by atoms with Crippen molar-refractivity contribution in [3.63, 3.8) is 0 Å². The number of halogens is 1. The second kappa shape index (κ2) is 6.38. The molecule has 0 amide bonds. The molecule has 0 bridgehead atoms. The van der Waals surface area contributed by atoms with Crippen molar-refractivity contribution in [2.45, 2.75) is 12.5 Å². The van der Waals surface area contributed by atoms with Crippen LogP contribution in [0.4, 0.5) is 0 Å². The molecule has 2 aromatic rings. The number of hydrogen-bond acceptors (Lipinski definition) is 5. The van der Waals surface area contributed by atoms with Gasteiger partial charge in [0, 0.05) is 9.75 Å². The molecule has 0 saturated carbocycles. The zero-order valence-electron chi connectivity index (χ0n) is 11.3. The van der Waals surface area contributed by atoms with Gasteiger partial charge in [-0.1, -0.05) is 17.7 Å². The van der Waals surface area contributed by atoms with Gasteiger partial charge in [0.05, 0.1) is 21.9 Å². The van der Waals surface area contributed by atoms with E-state index in [-0.39, 0.29) is 12.0 Å². The SMILES string of the molecule is O=S1(=O)CCC(CNC(c2cccs2)c2ccc(Cl)s2)C1. The maximum Gasteiger partial charge on any atom is 0.150 e. The van der Waals surface area contributed by atoms with Crippen molar-refractivity contribution in [3.8, 4) is 0 Å². The van der Waals surface area contributed by atoms with Crippen molar-refractivity contribution in [1.29, 1.82) is 0 Å². The molecule has 1 fully saturated rings. The van der Waals surface area contributed by atoms with E-state index in [0.717, 1.165) is 17.3 Å². The average Bonchev–Trinajstić information content (AvgIpc) is 3.13. The molecule has 3 rings (SSSR count). The average molecular weight is 362 g/mol. The predicted octanol–water partition coefficient (Wildman–Crippen LogP) is 3.58. The number of nitrogens with one attached hydrogen (secondary N) is 1. The van der Waals surface area contributed by atoms with Gasteiger partial charge in [-0.25, -0.2) is 8.42 Å². The van der Waals surface area contributed by atoms with E-state index in [1.165, 1.54) is 9.75 Å². The summed E-state index contributed by atoms with van der Waals surface area (Å²) in [5.41, 5.74) is 0. The Labute approximate surface area is 137 Å². The van der Waals surface area contributed by atoms with Crippen LogP contribution in [-0.4, -0.2) is 26.5 Å². The van der Waals surface area contributed by atoms with E-state index in [9.17, 15) is 8.42 Å². The van der Waals surface area contributed by atoms with Crippen molar-refractivity contribution >= 4 is 44.1 Å². The molecule has 2 aromatic heterocycles. The maximum atomic E-state index is 11.5. The van der Waals surface area contributed by atoms with Gasteiger partial charge in [-0.2, -0.15) is 0 Å². The summed E-state index contributed by atoms with van der Waals surface area (Å²) in [4.78, 5) is 2.40. The normalized spacial score (nSPS) is 22.4. The quantitative estimate of drug-likeness (QED) is 0.885. The van der Waals surface area contributed by atoms with Crippen molar-refractivity contribution in [2.75, 3.05) is 18.1 Å². The lowest BCUT2D eigenvalue weighted by molar-refractivity contribution is 0.495. The lowest BCUT2D eigenvalue weighted by Gasteiger charge is -2.18. The van der Waals surface area contributed by atoms with Crippen LogP contribution in [0.3, 0.4) is 0 Å². The molecule has 1 saturated heterocycles. The third kappa shape index (κ3) is 3.87. The summed E-state index contributed by atoms with van der Waals surface area (Å²) >= 11 is 9.31. The standard InChI is InChI=1S/C14H16ClNO2S3/c15-13-4-3-12(20-13)14(11-2-1-6-19-11)16-8-10-5-7-21(17,18)9-10/h1-4,6,10,14,16H,5,7-9H2. The van der Waals surface area contributed by atoms with E-state index < -0.39 is 9.84 Å². The first kappa shape index (κ1) is 15.5. The Morgan fingerprint density at radius 2 is 2.19 bits per heavy atom. The molecule has 2 unspecified atom stereocenters. The van der Waals surface area contributed by atoms with E-state index in [4.69, 9.17) is 11.6 Å². The molecular weight excluding hydrogens is 346 g/mol. The zero-order valence-corrected chi connectivity index (χ0v) is 14.5. The number of hydrogen-bond donors (Lipinski definition) is 1. The maximum absolute atomic E-state index is 11.5. The third-order valence-corrected chi connectivity index (χ3v) is 7.71. The molecular formula is C14H16ClNO2S3. The van der Waals surface area contributed by atoms with Crippen LogP contribution in [0.1, 0.15) is 22.2 Å². The molecule has 21 heavy (non-hydrogen) atoms. The van der Waals surface area contributed by atoms with E-state index >= 15 is 0 Å². The molecule has 2 atom stereocenters. The highest BCUT2D eigenvalue weighted by atomic mass is 35.5. The first-order valence-electron chi connectivity index (χ1n) is 6.76. The van der Waals surface area contributed by atoms with Crippen LogP contribution < -0.4 is 5.32 Å². The number of rotatable bonds is 5. The Hall–Kier alpha value is -0.400. The minimum absolute atomic E-state index is 0.103. The van der Waals surface area contributed by atoms with Crippen LogP contribution >= 0.6 is 34.3 Å². The zero-order chi connectivity index (χ0) is 14.9. The number of thiophene rings is 2. The molecule has 0 radical (unpaired) electrons. The molecule has 3 nitrogen and oxygen atoms in total. The first-order chi connectivity index (χ1) is 10.0. The molecule has 0 spiro atoms. The Morgan fingerprint density at radius 3 is 2.76 bits per heavy atom. The Bertz CT molecular complexity index is 694. The van der Waals surface area contributed by atoms with Gasteiger partial charge in [-0.05, 0) is 42.5 Å². The minimum Gasteiger partial charge on any atom is -0.305 e. The summed E-state index contributed by atoms with van der Waals surface area (Å²) in [6.45, 7) is 0.720. The summed E-state index contributed by atoms with van der Waals surface area (Å²) in [5, 5.41) is 5.58. The van der Waals surface area contributed by atoms with E-state index in [1.54, 1.807) is 22.7 Å². The van der Waals surface area contributed by atoms with Gasteiger partial charge in [-0.3, -0.25) is 0 Å². The van der Waals surface area contributed by atoms with Gasteiger partial charge in [0.15, 0.2) is 9.84 Å². The molecule has 1 aliphatic rings. The van der Waals surface area contributed by atoms with Crippen molar-refractivity contribution in [1.82, 2.24) is 5.32 Å². The molecule has 114 valence electrons. The fraction of sp³-hybridized carbons (Fsp3) is 0.429. The lowest BCUT2D eigenvalue weighted by Crippen LogP contribution is -2.27. The summed E-state index contributed by atoms with van der Waals surface area (Å²) < 4.78 is 23.9. The molecule has 0 aliphatic carbocycles. The molecule has 1 N–H and O–H groups in total. The van der Waals surface area contributed by atoms with Gasteiger partial charge in [0.25, 0.3) is 0 Å². The van der Waals surface area contributed by atoms with E-state index in [1.807, 2.05) is 18.2 Å². The summed E-state index contributed by atoms with van der Waals surface area (Å²) in [6.07, 6.45) is 0.762. The molecule has 7 heteroatoms. The van der Waals surface area contributed by atoms with Crippen molar-refractivity contribution in [2.24, 2.45) is 5.92 Å². The van der Waals surface area contributed by atoms with Crippen LogP contribution in [0.2, 0.25) is 4.34 Å². The molecule has 1 aliphatic heterocycles. The summed E-state index contributed by atoms with van der Waals surface area (Å²) in [6, 6.07) is 8.18. The van der Waals surface area contributed by atoms with Gasteiger partial charge in [0.2, 0.25) is 0 Å². The third-order valence-electron chi connectivity index (χ3n) is 3.64. The van der Waals surface area contributed by atoms with Crippen molar-refractivity contribution in [3.05, 3.63) is 43.7 Å². The second-order valence-electron chi connectivity index (χ2n) is 5.27. The lowest BCUT2D eigenvalue weighted by atomic mass is 10.1. The first-order valence-corrected chi connectivity index (χ1v) is 10.7. The predicted molar refractivity (Wildman–Crippen MR) is 90.3 cm³/mol. The van der Waals surface area contributed by atoms with Gasteiger partial charge < -0.3 is 5.32 Å². The Balaban J connectivity index is 1.72. The fourth-order valence-electron chi connectivity index (χ4n) is 2.60. The monoisotopic (exact) mass is 361 g/mol. The van der Waals surface area contributed by atoms with Crippen LogP contribution in [-0.2, 0) is 9.84 Å². The highest BCUT2D eigenvalue weighted by Crippen LogP contribution is 2.33. The van der Waals surface area contributed by atoms with Crippen LogP contribution in [0.25, 0.3) is 0 Å². The van der Waals surface area contributed by atoms with Crippen LogP contribution in [0.15, 0.2) is 29.6 Å². The largest absolute Gasteiger partial charge is 0.305 e. The van der Waals surface area contributed by atoms with Crippen molar-refractivity contribution < 1.29 is 8.42 Å². The topological polar surface area (TPSA) is 46.2 Å². The van der Waals surface area contributed by atoms with E-state index in [0.29, 0.717) is 11.5 Å². The summed E-state index contributed by atoms with van der Waals surface area (Å²) in [5.74, 6) is 0.851. The van der Waals surface area contributed by atoms with Gasteiger partial charge >= 0.3 is 0 Å². The summed E-state index contributed by atoms with van der Waals surface area (Å²) in [7, 11) is -2.81. The molecule has 3 heterocycles. The van der Waals surface area contributed by atoms with Crippen LogP contribution in [0.5, 0.6) is 0 Å². The smallest absolute Gasteiger partial charge is 0.150 e. The minimum atomic E-state index is -2.81. The van der Waals surface area contributed by atoms with E-state index in [2.05, 4.69) is 16.8 Å². The second-order valence-corrected chi connectivity index (χ2v) is 10.2. The molecule has 0 aromatic carbocycles. The van der Waals surface area contributed by atoms with Crippen LogP contribution in [0, 0.1) is 5.92 Å². The fourth-order valence-corrected chi connectivity index (χ4v) is 6.51. The highest BCUT2D eigenvalue weighted by molar-refractivity contribution is 7.91. The Kier molecular flexibility index (Phi) is 4.71. The Morgan fingerprint density at radius 1 is 1.33 bits per heavy atom. The van der Waals surface area contributed by atoms with Gasteiger partial charge in [-0.15, -0.1) is 22.7 Å².